The highest BCUT2D eigenvalue weighted by atomic mass is 35.5. The second-order valence-electron chi connectivity index (χ2n) is 15.6. The summed E-state index contributed by atoms with van der Waals surface area (Å²) in [6.45, 7) is 5.20. The number of amides is 6. The normalized spacial score (nSPS) is 18.9. The lowest BCUT2D eigenvalue weighted by molar-refractivity contribution is -0.136. The molecule has 328 valence electrons. The summed E-state index contributed by atoms with van der Waals surface area (Å²) < 4.78 is 19.3. The van der Waals surface area contributed by atoms with Gasteiger partial charge in [0.2, 0.25) is 23.6 Å². The lowest BCUT2D eigenvalue weighted by Crippen LogP contribution is -2.54. The monoisotopic (exact) mass is 897 g/mol. The number of nitrogens with zero attached hydrogens (tertiary/aromatic N) is 6. The summed E-state index contributed by atoms with van der Waals surface area (Å²) in [6, 6.07) is 12.1. The molecule has 1 atom stereocenters. The first-order valence-corrected chi connectivity index (χ1v) is 22.1. The van der Waals surface area contributed by atoms with Crippen molar-refractivity contribution >= 4 is 86.9 Å². The fourth-order valence-electron chi connectivity index (χ4n) is 8.46. The molecule has 16 nitrogen and oxygen atoms in total. The number of imide groups is 2. The number of rotatable bonds is 13. The van der Waals surface area contributed by atoms with Crippen LogP contribution in [0.15, 0.2) is 71.9 Å². The Hall–Kier alpha value is -5.95. The zero-order chi connectivity index (χ0) is 44.2. The van der Waals surface area contributed by atoms with Gasteiger partial charge in [0.25, 0.3) is 11.8 Å². The molecule has 0 aliphatic carbocycles. The summed E-state index contributed by atoms with van der Waals surface area (Å²) in [5, 5.41) is 8.83. The van der Waals surface area contributed by atoms with Crippen LogP contribution in [0.1, 0.15) is 52.8 Å². The number of aromatic nitrogens is 2. The van der Waals surface area contributed by atoms with Gasteiger partial charge in [-0.2, -0.15) is 0 Å². The molecule has 1 unspecified atom stereocenters. The Morgan fingerprint density at radius 2 is 1.78 bits per heavy atom. The molecule has 3 aromatic carbocycles. The Bertz CT molecular complexity index is 2510. The van der Waals surface area contributed by atoms with E-state index < -0.39 is 35.5 Å². The van der Waals surface area contributed by atoms with Crippen molar-refractivity contribution in [2.75, 3.05) is 69.3 Å². The SMILES string of the molecule is COc1cc2ncnc(Nc3ccc(F)c(Cl)c3)c2cc1NC(=O)/C=C/CN1CCC(N2CCN(C(=O)CCSc3cccc4c3C(=O)N(C3CCC(=O)NC3=O)C4=O)CC2)CC1. The van der Waals surface area contributed by atoms with Crippen molar-refractivity contribution in [3.05, 3.63) is 89.0 Å². The van der Waals surface area contributed by atoms with Gasteiger partial charge in [-0.3, -0.25) is 48.8 Å². The summed E-state index contributed by atoms with van der Waals surface area (Å²) in [6.07, 6.45) is 7.11. The van der Waals surface area contributed by atoms with Crippen LogP contribution in [-0.2, 0) is 19.2 Å². The number of ether oxygens (including phenoxy) is 1. The summed E-state index contributed by atoms with van der Waals surface area (Å²) in [5.41, 5.74) is 2.00. The number of fused-ring (bicyclic) bond motifs is 2. The van der Waals surface area contributed by atoms with Gasteiger partial charge in [-0.15, -0.1) is 11.8 Å². The number of benzene rings is 3. The number of methoxy groups -OCH3 is 1. The van der Waals surface area contributed by atoms with E-state index in [9.17, 15) is 33.2 Å². The Balaban J connectivity index is 0.764. The minimum Gasteiger partial charge on any atom is -0.494 e. The summed E-state index contributed by atoms with van der Waals surface area (Å²) >= 11 is 7.31. The maximum atomic E-state index is 13.7. The first-order chi connectivity index (χ1) is 30.5. The van der Waals surface area contributed by atoms with Crippen molar-refractivity contribution in [3.8, 4) is 5.75 Å². The smallest absolute Gasteiger partial charge is 0.263 e. The number of likely N-dealkylation sites (tertiary alicyclic amines) is 1. The van der Waals surface area contributed by atoms with Crippen LogP contribution in [-0.4, -0.2) is 136 Å². The second kappa shape index (κ2) is 19.2. The molecule has 0 radical (unpaired) electrons. The number of hydrogen-bond donors (Lipinski definition) is 3. The predicted octanol–water partition coefficient (Wildman–Crippen LogP) is 4.86. The van der Waals surface area contributed by atoms with Crippen LogP contribution in [0, 0.1) is 5.82 Å². The topological polar surface area (TPSA) is 186 Å². The fourth-order valence-corrected chi connectivity index (χ4v) is 9.65. The Kier molecular flexibility index (Phi) is 13.3. The van der Waals surface area contributed by atoms with Crippen LogP contribution < -0.4 is 20.7 Å². The molecular weight excluding hydrogens is 853 g/mol. The summed E-state index contributed by atoms with van der Waals surface area (Å²) in [7, 11) is 1.51. The van der Waals surface area contributed by atoms with Crippen LogP contribution in [0.3, 0.4) is 0 Å². The average molecular weight is 898 g/mol. The number of nitrogens with one attached hydrogen (secondary N) is 3. The van der Waals surface area contributed by atoms with E-state index in [1.807, 2.05) is 11.0 Å². The van der Waals surface area contributed by atoms with Gasteiger partial charge in [-0.1, -0.05) is 23.7 Å². The van der Waals surface area contributed by atoms with E-state index in [1.54, 1.807) is 36.4 Å². The molecular formula is C44H45ClFN9O7S. The van der Waals surface area contributed by atoms with Crippen LogP contribution in [0.25, 0.3) is 10.9 Å². The molecule has 1 aromatic heterocycles. The number of carbonyl (C=O) groups is 6. The van der Waals surface area contributed by atoms with Crippen molar-refractivity contribution in [1.29, 1.82) is 0 Å². The molecule has 3 N–H and O–H groups in total. The number of piperazine rings is 1. The average Bonchev–Trinajstić information content (AvgIpc) is 3.54. The third-order valence-corrected chi connectivity index (χ3v) is 13.1. The van der Waals surface area contributed by atoms with E-state index in [2.05, 4.69) is 35.7 Å². The van der Waals surface area contributed by atoms with E-state index in [4.69, 9.17) is 16.3 Å². The minimum atomic E-state index is -1.03. The van der Waals surface area contributed by atoms with Gasteiger partial charge in [0.1, 0.15) is 29.8 Å². The molecule has 4 aliphatic rings. The van der Waals surface area contributed by atoms with Crippen molar-refractivity contribution in [1.82, 2.24) is 34.9 Å². The predicted molar refractivity (Wildman–Crippen MR) is 235 cm³/mol. The number of halogens is 2. The minimum absolute atomic E-state index is 0.0291. The highest BCUT2D eigenvalue weighted by Crippen LogP contribution is 2.36. The van der Waals surface area contributed by atoms with Crippen LogP contribution in [0.4, 0.5) is 21.6 Å². The number of hydrogen-bond acceptors (Lipinski definition) is 13. The number of carbonyl (C=O) groups excluding carboxylic acids is 6. The molecule has 0 spiro atoms. The molecule has 4 aliphatic heterocycles. The number of piperidine rings is 2. The van der Waals surface area contributed by atoms with Gasteiger partial charge in [-0.25, -0.2) is 14.4 Å². The molecule has 8 rings (SSSR count). The quantitative estimate of drug-likeness (QED) is 0.0940. The first kappa shape index (κ1) is 43.7. The molecule has 3 fully saturated rings. The third kappa shape index (κ3) is 9.68. The van der Waals surface area contributed by atoms with Gasteiger partial charge >= 0.3 is 0 Å². The maximum Gasteiger partial charge on any atom is 0.263 e. The lowest BCUT2D eigenvalue weighted by atomic mass is 10.0. The van der Waals surface area contributed by atoms with Gasteiger partial charge in [0, 0.05) is 85.5 Å². The summed E-state index contributed by atoms with van der Waals surface area (Å²) in [4.78, 5) is 93.9. The molecule has 63 heavy (non-hydrogen) atoms. The highest BCUT2D eigenvalue weighted by Gasteiger charge is 2.45. The van der Waals surface area contributed by atoms with Crippen molar-refractivity contribution in [2.45, 2.75) is 49.1 Å². The van der Waals surface area contributed by atoms with Crippen molar-refractivity contribution in [3.63, 3.8) is 0 Å². The van der Waals surface area contributed by atoms with Gasteiger partial charge in [-0.05, 0) is 68.8 Å². The highest BCUT2D eigenvalue weighted by molar-refractivity contribution is 7.99. The standard InChI is InChI=1S/C44H45ClFN9O7S/c1-62-35-24-32-29(41(48-25-47-32)49-26-7-8-31(46)30(45)22-26)23-33(35)50-37(56)6-3-14-52-15-11-27(12-16-52)53-17-19-54(20-18-53)39(58)13-21-63-36-5-2-4-28-40(36)44(61)55(43(28)60)34-9-10-38(57)51-42(34)59/h2-8,22-25,27,34H,9-21H2,1H3,(H,50,56)(H,47,48,49)(H,51,57,59)/b6-3+. The van der Waals surface area contributed by atoms with Gasteiger partial charge < -0.3 is 20.3 Å². The maximum absolute atomic E-state index is 13.7. The molecule has 0 bridgehead atoms. The molecule has 0 saturated carbocycles. The third-order valence-electron chi connectivity index (χ3n) is 11.8. The number of anilines is 3. The Labute approximate surface area is 371 Å². The molecule has 19 heteroatoms. The van der Waals surface area contributed by atoms with Crippen molar-refractivity contribution < 1.29 is 37.9 Å². The zero-order valence-corrected chi connectivity index (χ0v) is 36.0. The zero-order valence-electron chi connectivity index (χ0n) is 34.4. The van der Waals surface area contributed by atoms with Gasteiger partial charge in [0.15, 0.2) is 0 Å². The molecule has 5 heterocycles. The van der Waals surface area contributed by atoms with Crippen LogP contribution >= 0.6 is 23.4 Å². The van der Waals surface area contributed by atoms with Gasteiger partial charge in [0.05, 0.1) is 34.5 Å². The number of thioether (sulfide) groups is 1. The van der Waals surface area contributed by atoms with E-state index in [0.717, 1.165) is 43.9 Å². The molecule has 3 saturated heterocycles. The largest absolute Gasteiger partial charge is 0.494 e. The van der Waals surface area contributed by atoms with Crippen LogP contribution in [0.2, 0.25) is 5.02 Å². The van der Waals surface area contributed by atoms with E-state index in [1.165, 1.54) is 43.4 Å². The van der Waals surface area contributed by atoms with Crippen molar-refractivity contribution in [2.24, 2.45) is 0 Å². The summed E-state index contributed by atoms with van der Waals surface area (Å²) in [5.74, 6) is -1.72. The fraction of sp³-hybridized carbons (Fsp3) is 0.364. The van der Waals surface area contributed by atoms with Crippen LogP contribution in [0.5, 0.6) is 5.75 Å². The van der Waals surface area contributed by atoms with E-state index in [0.29, 0.717) is 70.2 Å². The lowest BCUT2D eigenvalue weighted by Gasteiger charge is -2.42. The first-order valence-electron chi connectivity index (χ1n) is 20.7. The second-order valence-corrected chi connectivity index (χ2v) is 17.2. The molecule has 6 amide bonds. The van der Waals surface area contributed by atoms with E-state index in [-0.39, 0.29) is 47.2 Å². The Morgan fingerprint density at radius 1 is 0.984 bits per heavy atom. The Morgan fingerprint density at radius 3 is 2.52 bits per heavy atom. The molecule has 4 aromatic rings. The van der Waals surface area contributed by atoms with E-state index >= 15 is 0 Å².